The van der Waals surface area contributed by atoms with Gasteiger partial charge in [-0.1, -0.05) is 55.5 Å². The van der Waals surface area contributed by atoms with Crippen molar-refractivity contribution < 1.29 is 9.72 Å². The fraction of sp³-hybridized carbons (Fsp3) is 0.500. The van der Waals surface area contributed by atoms with Crippen molar-refractivity contribution in [2.75, 3.05) is 0 Å². The molecule has 0 bridgehead atoms. The molecule has 0 rings (SSSR count). The van der Waals surface area contributed by atoms with E-state index >= 15 is 0 Å². The van der Waals surface area contributed by atoms with Crippen LogP contribution in [0.2, 0.25) is 0 Å². The van der Waals surface area contributed by atoms with Crippen LogP contribution in [-0.4, -0.2) is 17.3 Å². The van der Waals surface area contributed by atoms with E-state index in [-0.39, 0.29) is 6.42 Å². The predicted molar refractivity (Wildman–Crippen MR) is 91.0 cm³/mol. The van der Waals surface area contributed by atoms with Gasteiger partial charge in [0.15, 0.2) is 0 Å². The molecular formula is C18H26NO3. The number of unbranched alkanes of at least 4 members (excludes halogenated alkanes) is 1. The van der Waals surface area contributed by atoms with E-state index in [1.165, 1.54) is 6.29 Å². The van der Waals surface area contributed by atoms with Gasteiger partial charge >= 0.3 is 0 Å². The third-order valence-electron chi connectivity index (χ3n) is 2.96. The molecule has 0 aromatic heterocycles. The Bertz CT molecular complexity index is 409. The number of nitro groups is 1. The van der Waals surface area contributed by atoms with Crippen molar-refractivity contribution in [1.82, 2.24) is 0 Å². The fourth-order valence-electron chi connectivity index (χ4n) is 1.73. The maximum absolute atomic E-state index is 10.4. The van der Waals surface area contributed by atoms with E-state index in [2.05, 4.69) is 43.4 Å². The highest BCUT2D eigenvalue weighted by molar-refractivity contribution is 5.56. The van der Waals surface area contributed by atoms with Gasteiger partial charge in [0.25, 0.3) is 12.3 Å². The number of hydrogen-bond donors (Lipinski definition) is 0. The summed E-state index contributed by atoms with van der Waals surface area (Å²) in [6.45, 7) is 2.12. The zero-order valence-electron chi connectivity index (χ0n) is 13.3. The van der Waals surface area contributed by atoms with Crippen LogP contribution in [0.4, 0.5) is 0 Å². The zero-order chi connectivity index (χ0) is 16.5. The van der Waals surface area contributed by atoms with Crippen LogP contribution in [0.25, 0.3) is 0 Å². The number of rotatable bonds is 13. The predicted octanol–water partition coefficient (Wildman–Crippen LogP) is 4.72. The van der Waals surface area contributed by atoms with Crippen LogP contribution in [0, 0.1) is 10.1 Å². The minimum Gasteiger partial charge on any atom is -0.283 e. The topological polar surface area (TPSA) is 60.2 Å². The molecule has 0 spiro atoms. The van der Waals surface area contributed by atoms with E-state index in [1.807, 2.05) is 12.2 Å². The Morgan fingerprint density at radius 3 is 1.91 bits per heavy atom. The lowest BCUT2D eigenvalue weighted by Gasteiger charge is -1.98. The summed E-state index contributed by atoms with van der Waals surface area (Å²) < 4.78 is 0. The van der Waals surface area contributed by atoms with Gasteiger partial charge in [-0.05, 0) is 38.5 Å². The number of allylic oxidation sites excluding steroid dienone is 8. The first kappa shape index (κ1) is 20.0. The first-order valence-corrected chi connectivity index (χ1v) is 7.83. The zero-order valence-corrected chi connectivity index (χ0v) is 13.3. The molecule has 121 valence electrons. The van der Waals surface area contributed by atoms with Gasteiger partial charge in [0.1, 0.15) is 0 Å². The Labute approximate surface area is 133 Å². The SMILES string of the molecule is CC/C=C/C/C=C/C/C=C/C/C=C/CCCC([C]=O)[N+](=O)[O-]. The van der Waals surface area contributed by atoms with Crippen molar-refractivity contribution in [3.63, 3.8) is 0 Å². The smallest absolute Gasteiger partial charge is 0.278 e. The fourth-order valence-corrected chi connectivity index (χ4v) is 1.73. The normalized spacial score (nSPS) is 13.7. The van der Waals surface area contributed by atoms with Gasteiger partial charge < -0.3 is 0 Å². The Morgan fingerprint density at radius 2 is 1.45 bits per heavy atom. The van der Waals surface area contributed by atoms with Crippen molar-refractivity contribution in [2.24, 2.45) is 0 Å². The Hall–Kier alpha value is -1.97. The van der Waals surface area contributed by atoms with Gasteiger partial charge in [-0.3, -0.25) is 14.9 Å². The summed E-state index contributed by atoms with van der Waals surface area (Å²) in [6.07, 6.45) is 23.8. The number of carbonyl (C=O) groups excluding carboxylic acids is 1. The number of hydrogen-bond acceptors (Lipinski definition) is 3. The van der Waals surface area contributed by atoms with E-state index in [9.17, 15) is 14.9 Å². The molecule has 0 aliphatic rings. The summed E-state index contributed by atoms with van der Waals surface area (Å²) in [5.41, 5.74) is 0. The van der Waals surface area contributed by atoms with E-state index < -0.39 is 11.0 Å². The minimum absolute atomic E-state index is 0.258. The number of nitrogens with zero attached hydrogens (tertiary/aromatic N) is 1. The summed E-state index contributed by atoms with van der Waals surface area (Å²) in [7, 11) is 0. The molecule has 0 amide bonds. The molecule has 4 nitrogen and oxygen atoms in total. The third kappa shape index (κ3) is 13.0. The van der Waals surface area contributed by atoms with Crippen LogP contribution < -0.4 is 0 Å². The first-order valence-electron chi connectivity index (χ1n) is 7.83. The van der Waals surface area contributed by atoms with Gasteiger partial charge in [0.2, 0.25) is 0 Å². The second kappa shape index (κ2) is 15.4. The molecule has 0 aromatic rings. The molecular weight excluding hydrogens is 278 g/mol. The van der Waals surface area contributed by atoms with Gasteiger partial charge in [0, 0.05) is 11.3 Å². The Kier molecular flexibility index (Phi) is 14.0. The summed E-state index contributed by atoms with van der Waals surface area (Å²) in [5, 5.41) is 10.4. The first-order chi connectivity index (χ1) is 10.7. The average molecular weight is 304 g/mol. The van der Waals surface area contributed by atoms with Crippen molar-refractivity contribution in [3.05, 3.63) is 58.7 Å². The average Bonchev–Trinajstić information content (AvgIpc) is 2.51. The highest BCUT2D eigenvalue weighted by Gasteiger charge is 2.18. The molecule has 0 aliphatic heterocycles. The molecule has 1 unspecified atom stereocenters. The molecule has 4 heteroatoms. The van der Waals surface area contributed by atoms with E-state index in [1.54, 1.807) is 0 Å². The molecule has 0 saturated heterocycles. The van der Waals surface area contributed by atoms with Crippen LogP contribution >= 0.6 is 0 Å². The molecule has 0 N–H and O–H groups in total. The van der Waals surface area contributed by atoms with Gasteiger partial charge in [-0.2, -0.15) is 0 Å². The monoisotopic (exact) mass is 304 g/mol. The molecule has 0 aliphatic carbocycles. The molecule has 0 aromatic carbocycles. The summed E-state index contributed by atoms with van der Waals surface area (Å²) in [6, 6.07) is -1.17. The second-order valence-electron chi connectivity index (χ2n) is 4.85. The highest BCUT2D eigenvalue weighted by atomic mass is 16.6. The van der Waals surface area contributed by atoms with Gasteiger partial charge in [-0.15, -0.1) is 0 Å². The van der Waals surface area contributed by atoms with Crippen LogP contribution in [0.3, 0.4) is 0 Å². The van der Waals surface area contributed by atoms with E-state index in [4.69, 9.17) is 0 Å². The largest absolute Gasteiger partial charge is 0.283 e. The molecule has 0 saturated carbocycles. The summed E-state index contributed by atoms with van der Waals surface area (Å²) in [4.78, 5) is 20.1. The second-order valence-corrected chi connectivity index (χ2v) is 4.85. The minimum atomic E-state index is -1.17. The quantitative estimate of drug-likeness (QED) is 0.214. The molecule has 22 heavy (non-hydrogen) atoms. The van der Waals surface area contributed by atoms with Crippen molar-refractivity contribution in [1.29, 1.82) is 0 Å². The Balaban J connectivity index is 3.57. The third-order valence-corrected chi connectivity index (χ3v) is 2.96. The maximum atomic E-state index is 10.4. The molecule has 0 fully saturated rings. The lowest BCUT2D eigenvalue weighted by Crippen LogP contribution is -2.20. The van der Waals surface area contributed by atoms with Crippen LogP contribution in [0.15, 0.2) is 48.6 Å². The maximum Gasteiger partial charge on any atom is 0.278 e. The van der Waals surface area contributed by atoms with Crippen LogP contribution in [0.1, 0.15) is 51.9 Å². The van der Waals surface area contributed by atoms with Crippen molar-refractivity contribution in [2.45, 2.75) is 57.9 Å². The highest BCUT2D eigenvalue weighted by Crippen LogP contribution is 2.03. The summed E-state index contributed by atoms with van der Waals surface area (Å²) in [5.74, 6) is 0. The Morgan fingerprint density at radius 1 is 0.955 bits per heavy atom. The lowest BCUT2D eigenvalue weighted by atomic mass is 10.1. The molecule has 0 heterocycles. The van der Waals surface area contributed by atoms with Crippen molar-refractivity contribution in [3.8, 4) is 0 Å². The van der Waals surface area contributed by atoms with Gasteiger partial charge in [-0.25, -0.2) is 0 Å². The van der Waals surface area contributed by atoms with E-state index in [0.717, 1.165) is 32.1 Å². The van der Waals surface area contributed by atoms with Crippen LogP contribution in [0.5, 0.6) is 0 Å². The van der Waals surface area contributed by atoms with E-state index in [0.29, 0.717) is 6.42 Å². The van der Waals surface area contributed by atoms with Gasteiger partial charge in [0.05, 0.1) is 0 Å². The lowest BCUT2D eigenvalue weighted by molar-refractivity contribution is -0.503. The van der Waals surface area contributed by atoms with Crippen LogP contribution in [-0.2, 0) is 4.79 Å². The molecule has 1 radical (unpaired) electrons. The standard InChI is InChI=1S/C18H26NO3/c1-2-3-4-5-6-7-8-9-10-11-12-13-14-15-16-18(17-20)19(21)22/h3-4,6-7,9-10,12-13,18H,2,5,8,11,14-16H2,1H3/b4-3+,7-6+,10-9+,13-12+. The summed E-state index contributed by atoms with van der Waals surface area (Å²) >= 11 is 0. The molecule has 1 atom stereocenters. The van der Waals surface area contributed by atoms with Crippen molar-refractivity contribution >= 4 is 6.29 Å².